The lowest BCUT2D eigenvalue weighted by molar-refractivity contribution is -0.111. The summed E-state index contributed by atoms with van der Waals surface area (Å²) in [6, 6.07) is 17.2. The van der Waals surface area contributed by atoms with Crippen molar-refractivity contribution in [3.63, 3.8) is 0 Å². The molecule has 2 rings (SSSR count). The summed E-state index contributed by atoms with van der Waals surface area (Å²) >= 11 is 1.68. The van der Waals surface area contributed by atoms with Gasteiger partial charge in [-0.15, -0.1) is 24.6 Å². The number of nitrogens with one attached hydrogen (secondary N) is 2. The molecule has 0 saturated carbocycles. The van der Waals surface area contributed by atoms with Crippen molar-refractivity contribution in [2.75, 3.05) is 38.8 Å². The summed E-state index contributed by atoms with van der Waals surface area (Å²) in [7, 11) is 3.43. The van der Waals surface area contributed by atoms with Gasteiger partial charge in [0.15, 0.2) is 0 Å². The molecular formula is C30H38N4O2S. The number of carbonyl (C=O) groups is 2. The summed E-state index contributed by atoms with van der Waals surface area (Å²) in [6.07, 6.45) is 14.8. The molecule has 196 valence electrons. The van der Waals surface area contributed by atoms with E-state index < -0.39 is 0 Å². The van der Waals surface area contributed by atoms with Gasteiger partial charge in [0, 0.05) is 44.7 Å². The van der Waals surface area contributed by atoms with Crippen LogP contribution in [0.1, 0.15) is 29.5 Å². The highest BCUT2D eigenvalue weighted by Gasteiger charge is 2.18. The van der Waals surface area contributed by atoms with E-state index >= 15 is 0 Å². The maximum Gasteiger partial charge on any atom is 0.321 e. The highest BCUT2D eigenvalue weighted by Crippen LogP contribution is 2.23. The number of rotatable bonds is 10. The van der Waals surface area contributed by atoms with Crippen LogP contribution in [0.25, 0.3) is 0 Å². The summed E-state index contributed by atoms with van der Waals surface area (Å²) in [5, 5.41) is 15.0. The summed E-state index contributed by atoms with van der Waals surface area (Å²) < 4.78 is 0. The molecule has 6 nitrogen and oxygen atoms in total. The molecule has 0 fully saturated rings. The Morgan fingerprint density at radius 3 is 2.35 bits per heavy atom. The molecule has 0 spiro atoms. The molecule has 37 heavy (non-hydrogen) atoms. The number of terminal acetylenes is 1. The van der Waals surface area contributed by atoms with Gasteiger partial charge >= 0.3 is 6.03 Å². The Hall–Kier alpha value is -3.78. The number of nitrogens with zero attached hydrogens (tertiary/aromatic N) is 2. The number of anilines is 1. The van der Waals surface area contributed by atoms with Gasteiger partial charge in [0.1, 0.15) is 6.29 Å². The maximum absolute atomic E-state index is 11.2. The monoisotopic (exact) mass is 518 g/mol. The van der Waals surface area contributed by atoms with Crippen LogP contribution in [-0.2, 0) is 4.79 Å². The molecule has 0 radical (unpaired) electrons. The number of allylic oxidation sites excluding steroid dienone is 2. The van der Waals surface area contributed by atoms with Crippen molar-refractivity contribution >= 4 is 29.8 Å². The van der Waals surface area contributed by atoms with Gasteiger partial charge in [-0.25, -0.2) is 4.79 Å². The molecular weight excluding hydrogens is 480 g/mol. The lowest BCUT2D eigenvalue weighted by Crippen LogP contribution is -2.27. The number of amides is 2. The molecule has 2 amide bonds. The zero-order valence-corrected chi connectivity index (χ0v) is 23.2. The predicted octanol–water partition coefficient (Wildman–Crippen LogP) is 5.84. The second-order valence-corrected chi connectivity index (χ2v) is 9.17. The van der Waals surface area contributed by atoms with E-state index in [1.165, 1.54) is 9.81 Å². The number of hydrogen-bond acceptors (Lipinski definition) is 5. The lowest BCUT2D eigenvalue weighted by Gasteiger charge is -2.21. The number of hydrogen-bond donors (Lipinski definition) is 2. The zero-order chi connectivity index (χ0) is 28.2. The molecule has 0 aliphatic heterocycles. The third kappa shape index (κ3) is 13.2. The van der Waals surface area contributed by atoms with Crippen LogP contribution in [-0.4, -0.2) is 50.7 Å². The van der Waals surface area contributed by atoms with Crippen molar-refractivity contribution < 1.29 is 9.59 Å². The van der Waals surface area contributed by atoms with Crippen LogP contribution in [0, 0.1) is 37.0 Å². The Bertz CT molecular complexity index is 1070. The SMILES string of the molecule is C#C.C=C/C=C(/CNC[C@@H](c1ccc(C#N)cc1)[C@H](C)C=O)SC.Cc1cccc(NC(=O)N(C)C)c1. The fourth-order valence-corrected chi connectivity index (χ4v) is 3.63. The zero-order valence-electron chi connectivity index (χ0n) is 22.4. The van der Waals surface area contributed by atoms with Gasteiger partial charge in [-0.3, -0.25) is 0 Å². The van der Waals surface area contributed by atoms with E-state index in [0.29, 0.717) is 12.1 Å². The minimum atomic E-state index is -0.106. The smallest absolute Gasteiger partial charge is 0.321 e. The first-order chi connectivity index (χ1) is 17.7. The van der Waals surface area contributed by atoms with Gasteiger partial charge in [0.2, 0.25) is 0 Å². The fraction of sp³-hybridized carbons (Fsp3) is 0.300. The van der Waals surface area contributed by atoms with Gasteiger partial charge in [0.05, 0.1) is 11.6 Å². The Balaban J connectivity index is 0.000000733. The quantitative estimate of drug-likeness (QED) is 0.235. The summed E-state index contributed by atoms with van der Waals surface area (Å²) in [5.74, 6) is 0.0126. The Kier molecular flexibility index (Phi) is 17.4. The van der Waals surface area contributed by atoms with E-state index in [4.69, 9.17) is 5.26 Å². The highest BCUT2D eigenvalue weighted by molar-refractivity contribution is 8.02. The normalized spacial score (nSPS) is 11.7. The Morgan fingerprint density at radius 2 is 1.86 bits per heavy atom. The topological polar surface area (TPSA) is 85.2 Å². The molecule has 0 bridgehead atoms. The number of aryl methyl sites for hydroxylation is 1. The van der Waals surface area contributed by atoms with Gasteiger partial charge < -0.3 is 20.3 Å². The van der Waals surface area contributed by atoms with Gasteiger partial charge in [-0.2, -0.15) is 5.26 Å². The lowest BCUT2D eigenvalue weighted by atomic mass is 9.87. The van der Waals surface area contributed by atoms with Crippen molar-refractivity contribution in [3.05, 3.63) is 88.9 Å². The Morgan fingerprint density at radius 1 is 1.22 bits per heavy atom. The molecule has 0 saturated heterocycles. The van der Waals surface area contributed by atoms with Gasteiger partial charge in [-0.05, 0) is 53.5 Å². The van der Waals surface area contributed by atoms with Crippen LogP contribution >= 0.6 is 11.8 Å². The second kappa shape index (κ2) is 19.4. The van der Waals surface area contributed by atoms with Crippen molar-refractivity contribution in [1.29, 1.82) is 5.26 Å². The van der Waals surface area contributed by atoms with Crippen molar-refractivity contribution in [1.82, 2.24) is 10.2 Å². The number of thioether (sulfide) groups is 1. The first kappa shape index (κ1) is 33.2. The molecule has 0 aliphatic carbocycles. The predicted molar refractivity (Wildman–Crippen MR) is 158 cm³/mol. The number of carbonyl (C=O) groups excluding carboxylic acids is 2. The molecule has 2 aromatic carbocycles. The average molecular weight is 519 g/mol. The van der Waals surface area contributed by atoms with Crippen molar-refractivity contribution in [2.24, 2.45) is 5.92 Å². The maximum atomic E-state index is 11.2. The van der Waals surface area contributed by atoms with Crippen LogP contribution < -0.4 is 10.6 Å². The molecule has 0 aliphatic rings. The van der Waals surface area contributed by atoms with E-state index in [9.17, 15) is 9.59 Å². The van der Waals surface area contributed by atoms with Gasteiger partial charge in [-0.1, -0.05) is 49.9 Å². The van der Waals surface area contributed by atoms with Gasteiger partial charge in [0.25, 0.3) is 0 Å². The Labute approximate surface area is 226 Å². The molecule has 0 heterocycles. The second-order valence-electron chi connectivity index (χ2n) is 8.23. The molecule has 7 heteroatoms. The van der Waals surface area contributed by atoms with Crippen LogP contribution in [0.4, 0.5) is 10.5 Å². The number of urea groups is 1. The third-order valence-corrected chi connectivity index (χ3v) is 6.03. The minimum absolute atomic E-state index is 0.0819. The minimum Gasteiger partial charge on any atom is -0.331 e. The van der Waals surface area contributed by atoms with Crippen molar-refractivity contribution in [2.45, 2.75) is 19.8 Å². The van der Waals surface area contributed by atoms with E-state index in [2.05, 4.69) is 36.1 Å². The molecule has 2 aromatic rings. The van der Waals surface area contributed by atoms with Crippen LogP contribution in [0.5, 0.6) is 0 Å². The number of aldehydes is 1. The molecule has 2 atom stereocenters. The average Bonchev–Trinajstić information content (AvgIpc) is 2.91. The number of nitriles is 1. The first-order valence-electron chi connectivity index (χ1n) is 11.7. The van der Waals surface area contributed by atoms with E-state index in [0.717, 1.165) is 29.6 Å². The van der Waals surface area contributed by atoms with E-state index in [1.807, 2.05) is 62.6 Å². The molecule has 0 unspecified atom stereocenters. The highest BCUT2D eigenvalue weighted by atomic mass is 32.2. The van der Waals surface area contributed by atoms with Crippen molar-refractivity contribution in [3.8, 4) is 18.9 Å². The van der Waals surface area contributed by atoms with E-state index in [1.54, 1.807) is 44.1 Å². The standard InChI is InChI=1S/C18H22N2OS.C10H14N2O.C2H2/c1-4-5-17(22-3)11-20-12-18(14(2)13-21)16-8-6-15(10-19)7-9-16;1-8-5-4-6-9(7-8)11-10(13)12(2)3;1-2/h4-9,13-14,18,20H,1,11-12H2,2-3H3;4-7H,1-3H3,(H,11,13);1-2H/b17-5-;;/t14-,18-;;/m1../s1. The van der Waals surface area contributed by atoms with Crippen LogP contribution in [0.3, 0.4) is 0 Å². The van der Waals surface area contributed by atoms with Crippen LogP contribution in [0.15, 0.2) is 72.2 Å². The molecule has 0 aromatic heterocycles. The number of benzene rings is 2. The largest absolute Gasteiger partial charge is 0.331 e. The summed E-state index contributed by atoms with van der Waals surface area (Å²) in [4.78, 5) is 25.1. The molecule has 2 N–H and O–H groups in total. The van der Waals surface area contributed by atoms with Crippen LogP contribution in [0.2, 0.25) is 0 Å². The third-order valence-electron chi connectivity index (χ3n) is 5.22. The summed E-state index contributed by atoms with van der Waals surface area (Å²) in [5.41, 5.74) is 3.67. The fourth-order valence-electron chi connectivity index (χ4n) is 3.15. The first-order valence-corrected chi connectivity index (χ1v) is 12.9. The van der Waals surface area contributed by atoms with E-state index in [-0.39, 0.29) is 17.9 Å². The summed E-state index contributed by atoms with van der Waals surface area (Å²) in [6.45, 7) is 9.09.